The van der Waals surface area contributed by atoms with E-state index in [9.17, 15) is 24.2 Å². The van der Waals surface area contributed by atoms with Gasteiger partial charge in [-0.3, -0.25) is 9.36 Å². The van der Waals surface area contributed by atoms with Gasteiger partial charge < -0.3 is 25.8 Å². The second kappa shape index (κ2) is 4.84. The number of alkyl halides is 1. The molecular formula is C11H14FN3O6. The Bertz CT molecular complexity index is 633. The molecule has 0 saturated carbocycles. The third-order valence-electron chi connectivity index (χ3n) is 3.36. The van der Waals surface area contributed by atoms with Crippen LogP contribution in [-0.2, 0) is 15.3 Å². The average molecular weight is 303 g/mol. The molecule has 0 bridgehead atoms. The molecule has 0 spiro atoms. The first-order valence-corrected chi connectivity index (χ1v) is 5.93. The maximum Gasteiger partial charge on any atom is 0.352 e. The van der Waals surface area contributed by atoms with E-state index >= 15 is 0 Å². The molecule has 0 aromatic carbocycles. The van der Waals surface area contributed by atoms with Crippen molar-refractivity contribution in [2.24, 2.45) is 0 Å². The van der Waals surface area contributed by atoms with Crippen LogP contribution in [-0.4, -0.2) is 55.3 Å². The maximum absolute atomic E-state index is 14.6. The highest BCUT2D eigenvalue weighted by molar-refractivity contribution is 5.84. The predicted molar refractivity (Wildman–Crippen MR) is 65.6 cm³/mol. The summed E-state index contributed by atoms with van der Waals surface area (Å²) >= 11 is 0. The number of hydrogen-bond donors (Lipinski definition) is 4. The van der Waals surface area contributed by atoms with Crippen LogP contribution in [0.5, 0.6) is 0 Å². The fourth-order valence-corrected chi connectivity index (χ4v) is 2.33. The molecule has 0 unspecified atom stereocenters. The van der Waals surface area contributed by atoms with Crippen LogP contribution in [0.2, 0.25) is 0 Å². The molecule has 0 radical (unpaired) electrons. The van der Waals surface area contributed by atoms with E-state index in [0.717, 1.165) is 19.2 Å². The van der Waals surface area contributed by atoms with E-state index in [1.54, 1.807) is 0 Å². The largest absolute Gasteiger partial charge is 0.394 e. The molecule has 5 N–H and O–H groups in total. The summed E-state index contributed by atoms with van der Waals surface area (Å²) in [6.07, 6.45) is -2.94. The van der Waals surface area contributed by atoms with Gasteiger partial charge in [0.2, 0.25) is 0 Å². The predicted octanol–water partition coefficient (Wildman–Crippen LogP) is -2.52. The number of carbonyl (C=O) groups excluding carboxylic acids is 1. The number of halogens is 1. The van der Waals surface area contributed by atoms with Gasteiger partial charge in [0, 0.05) is 6.20 Å². The molecule has 0 aliphatic carbocycles. The number of nitrogens with zero attached hydrogens (tertiary/aromatic N) is 2. The Labute approximate surface area is 117 Å². The fraction of sp³-hybridized carbons (Fsp3) is 0.545. The Morgan fingerprint density at radius 1 is 1.67 bits per heavy atom. The summed E-state index contributed by atoms with van der Waals surface area (Å²) in [5.74, 6) is -4.93. The first-order chi connectivity index (χ1) is 9.68. The highest BCUT2D eigenvalue weighted by Gasteiger charge is 2.71. The smallest absolute Gasteiger partial charge is 0.352 e. The van der Waals surface area contributed by atoms with E-state index in [2.05, 4.69) is 4.98 Å². The lowest BCUT2D eigenvalue weighted by atomic mass is 9.96. The van der Waals surface area contributed by atoms with Gasteiger partial charge in [0.05, 0.1) is 6.61 Å². The van der Waals surface area contributed by atoms with Crippen molar-refractivity contribution < 1.29 is 29.2 Å². The molecule has 116 valence electrons. The molecule has 1 aromatic rings. The number of nitrogen functional groups attached to an aromatic ring is 1. The standard InChI is InChI=1S/C11H14FN3O6/c1-5(17)11(15-3-2-7(13)14-9(15)19)10(12,20)8(18)6(4-16)21-11/h2-3,6,8,16,18,20H,4H2,1H3,(H2,13,14,19)/t6-,8-,10-,11-/m1/s1. The van der Waals surface area contributed by atoms with E-state index in [1.165, 1.54) is 0 Å². The lowest BCUT2D eigenvalue weighted by Gasteiger charge is -2.34. The van der Waals surface area contributed by atoms with Crippen molar-refractivity contribution in [2.75, 3.05) is 12.3 Å². The lowest BCUT2D eigenvalue weighted by molar-refractivity contribution is -0.249. The van der Waals surface area contributed by atoms with Gasteiger partial charge in [0.1, 0.15) is 18.0 Å². The van der Waals surface area contributed by atoms with E-state index in [-0.39, 0.29) is 5.82 Å². The van der Waals surface area contributed by atoms with Crippen molar-refractivity contribution in [2.45, 2.75) is 30.7 Å². The van der Waals surface area contributed by atoms with Crippen molar-refractivity contribution in [3.63, 3.8) is 0 Å². The van der Waals surface area contributed by atoms with Crippen molar-refractivity contribution in [1.82, 2.24) is 9.55 Å². The zero-order valence-corrected chi connectivity index (χ0v) is 10.9. The molecule has 1 aromatic heterocycles. The number of Topliss-reactive ketones (excluding diaryl/α,β-unsaturated/α-hetero) is 1. The molecule has 1 aliphatic heterocycles. The second-order valence-electron chi connectivity index (χ2n) is 4.66. The highest BCUT2D eigenvalue weighted by Crippen LogP contribution is 2.44. The van der Waals surface area contributed by atoms with Crippen molar-refractivity contribution >= 4 is 11.6 Å². The molecule has 1 saturated heterocycles. The summed E-state index contributed by atoms with van der Waals surface area (Å²) in [6.45, 7) is -0.0145. The van der Waals surface area contributed by atoms with Gasteiger partial charge in [0.15, 0.2) is 5.78 Å². The van der Waals surface area contributed by atoms with Crippen LogP contribution >= 0.6 is 0 Å². The zero-order valence-electron chi connectivity index (χ0n) is 10.9. The summed E-state index contributed by atoms with van der Waals surface area (Å²) in [4.78, 5) is 27.1. The minimum atomic E-state index is -3.64. The van der Waals surface area contributed by atoms with Crippen molar-refractivity contribution in [3.8, 4) is 0 Å². The Hall–Kier alpha value is -1.88. The topological polar surface area (TPSA) is 148 Å². The number of ketones is 1. The molecule has 2 rings (SSSR count). The summed E-state index contributed by atoms with van der Waals surface area (Å²) in [6, 6.07) is 1.09. The number of aromatic nitrogens is 2. The van der Waals surface area contributed by atoms with Crippen LogP contribution in [0.3, 0.4) is 0 Å². The molecule has 1 fully saturated rings. The molecule has 2 heterocycles. The second-order valence-corrected chi connectivity index (χ2v) is 4.66. The Kier molecular flexibility index (Phi) is 3.58. The van der Waals surface area contributed by atoms with E-state index in [0.29, 0.717) is 4.57 Å². The number of carbonyl (C=O) groups is 1. The van der Waals surface area contributed by atoms with Crippen molar-refractivity contribution in [3.05, 3.63) is 22.7 Å². The molecular weight excluding hydrogens is 289 g/mol. The van der Waals surface area contributed by atoms with Gasteiger partial charge in [0.25, 0.3) is 11.6 Å². The summed E-state index contributed by atoms with van der Waals surface area (Å²) in [5.41, 5.74) is 1.27. The molecule has 4 atom stereocenters. The van der Waals surface area contributed by atoms with Crippen molar-refractivity contribution in [1.29, 1.82) is 0 Å². The monoisotopic (exact) mass is 303 g/mol. The van der Waals surface area contributed by atoms with Gasteiger partial charge >= 0.3 is 5.69 Å². The van der Waals surface area contributed by atoms with E-state index in [4.69, 9.17) is 15.6 Å². The van der Waals surface area contributed by atoms with Crippen LogP contribution in [0.25, 0.3) is 0 Å². The normalized spacial score (nSPS) is 35.9. The first-order valence-electron chi connectivity index (χ1n) is 5.93. The van der Waals surface area contributed by atoms with Crippen LogP contribution in [0.4, 0.5) is 10.2 Å². The zero-order chi connectivity index (χ0) is 16.0. The Morgan fingerprint density at radius 2 is 2.29 bits per heavy atom. The molecule has 10 heteroatoms. The SMILES string of the molecule is CC(=O)[C@@]1(n2ccc(N)nc2=O)O[C@H](CO)[C@@H](O)[C@]1(O)F. The summed E-state index contributed by atoms with van der Waals surface area (Å²) < 4.78 is 20.0. The van der Waals surface area contributed by atoms with E-state index in [1.807, 2.05) is 0 Å². The summed E-state index contributed by atoms with van der Waals surface area (Å²) in [5, 5.41) is 28.6. The van der Waals surface area contributed by atoms with Crippen LogP contribution < -0.4 is 11.4 Å². The van der Waals surface area contributed by atoms with Crippen LogP contribution in [0.1, 0.15) is 6.92 Å². The molecule has 0 amide bonds. The van der Waals surface area contributed by atoms with Crippen LogP contribution in [0, 0.1) is 0 Å². The van der Waals surface area contributed by atoms with E-state index < -0.39 is 41.9 Å². The number of rotatable bonds is 3. The number of hydrogen-bond acceptors (Lipinski definition) is 8. The Morgan fingerprint density at radius 3 is 2.71 bits per heavy atom. The number of aliphatic hydroxyl groups is 3. The fourth-order valence-electron chi connectivity index (χ4n) is 2.33. The molecule has 1 aliphatic rings. The lowest BCUT2D eigenvalue weighted by Crippen LogP contribution is -2.61. The third kappa shape index (κ3) is 1.95. The summed E-state index contributed by atoms with van der Waals surface area (Å²) in [7, 11) is 0. The highest BCUT2D eigenvalue weighted by atomic mass is 19.2. The van der Waals surface area contributed by atoms with Gasteiger partial charge in [-0.25, -0.2) is 9.18 Å². The quantitative estimate of drug-likeness (QED) is 0.478. The minimum absolute atomic E-state index is 0.186. The number of anilines is 1. The van der Waals surface area contributed by atoms with Gasteiger partial charge in [-0.15, -0.1) is 0 Å². The minimum Gasteiger partial charge on any atom is -0.394 e. The number of ether oxygens (including phenoxy) is 1. The van der Waals surface area contributed by atoms with Gasteiger partial charge in [-0.1, -0.05) is 0 Å². The van der Waals surface area contributed by atoms with Crippen LogP contribution in [0.15, 0.2) is 17.1 Å². The number of aliphatic hydroxyl groups excluding tert-OH is 2. The third-order valence-corrected chi connectivity index (χ3v) is 3.36. The van der Waals surface area contributed by atoms with Gasteiger partial charge in [-0.2, -0.15) is 4.98 Å². The molecule has 21 heavy (non-hydrogen) atoms. The maximum atomic E-state index is 14.6. The number of nitrogens with two attached hydrogens (primary N) is 1. The first kappa shape index (κ1) is 15.5. The molecule has 9 nitrogen and oxygen atoms in total. The Balaban J connectivity index is 2.73. The van der Waals surface area contributed by atoms with Gasteiger partial charge in [-0.05, 0) is 13.0 Å². The average Bonchev–Trinajstić information content (AvgIpc) is 2.59.